The summed E-state index contributed by atoms with van der Waals surface area (Å²) < 4.78 is 52.9. The van der Waals surface area contributed by atoms with Crippen LogP contribution in [0, 0.1) is 23.6 Å². The first-order valence-corrected chi connectivity index (χ1v) is 17.1. The number of allylic oxidation sites excluding steroid dienone is 1. The maximum atomic E-state index is 14.5. The first kappa shape index (κ1) is 31.6. The molecule has 2 aliphatic heterocycles. The van der Waals surface area contributed by atoms with Gasteiger partial charge in [-0.3, -0.25) is 9.79 Å². The molecule has 1 unspecified atom stereocenters. The van der Waals surface area contributed by atoms with Gasteiger partial charge in [-0.1, -0.05) is 23.7 Å². The molecule has 1 atom stereocenters. The Kier molecular flexibility index (Phi) is 9.84. The molecule has 2 fully saturated rings. The molecule has 43 heavy (non-hydrogen) atoms. The average molecular weight is 653 g/mol. The molecule has 3 heterocycles. The molecular weight excluding hydrogens is 619 g/mol. The summed E-state index contributed by atoms with van der Waals surface area (Å²) in [4.78, 5) is 34.2. The highest BCUT2D eigenvalue weighted by atomic mass is 35.5. The van der Waals surface area contributed by atoms with Crippen LogP contribution in [0.2, 0.25) is 5.02 Å². The number of benzene rings is 1. The standard InChI is InChI=1S/C29H34ClFN4O6S2/c1-40-28(36)19-8-6-17(7-9-19)16-43(38,39)35-13-10-18(11-14-35)24-22(29(37)41-2)25(20-4-3-5-21(31)23(20)30)34-26(33-24)27-32-12-15-42-27/h3-5,12,15,17-19,25H,6-11,13-14,16H2,1-2H3,(H,33,34)/t17-,19-,25?. The number of amidine groups is 1. The summed E-state index contributed by atoms with van der Waals surface area (Å²) >= 11 is 7.74. The van der Waals surface area contributed by atoms with Gasteiger partial charge in [-0.25, -0.2) is 26.9 Å². The number of thiazole rings is 1. The van der Waals surface area contributed by atoms with E-state index in [-0.39, 0.29) is 53.2 Å². The van der Waals surface area contributed by atoms with Crippen molar-refractivity contribution in [1.29, 1.82) is 0 Å². The fourth-order valence-corrected chi connectivity index (χ4v) is 8.91. The van der Waals surface area contributed by atoms with E-state index in [1.807, 2.05) is 0 Å². The van der Waals surface area contributed by atoms with Crippen LogP contribution in [0.15, 0.2) is 46.0 Å². The molecular formula is C29H34ClFN4O6S2. The maximum Gasteiger partial charge on any atom is 0.338 e. The van der Waals surface area contributed by atoms with Crippen LogP contribution >= 0.6 is 22.9 Å². The van der Waals surface area contributed by atoms with Crippen molar-refractivity contribution < 1.29 is 31.9 Å². The highest BCUT2D eigenvalue weighted by molar-refractivity contribution is 7.89. The second-order valence-electron chi connectivity index (χ2n) is 11.0. The fourth-order valence-electron chi connectivity index (χ4n) is 6.18. The minimum Gasteiger partial charge on any atom is -0.469 e. The monoisotopic (exact) mass is 652 g/mol. The predicted octanol–water partition coefficient (Wildman–Crippen LogP) is 4.48. The number of halogens is 2. The third-order valence-electron chi connectivity index (χ3n) is 8.47. The summed E-state index contributed by atoms with van der Waals surface area (Å²) in [6.45, 7) is 0.554. The Morgan fingerprint density at radius 3 is 2.47 bits per heavy atom. The minimum atomic E-state index is -3.53. The third-order valence-corrected chi connectivity index (χ3v) is 11.7. The summed E-state index contributed by atoms with van der Waals surface area (Å²) in [5.41, 5.74) is 1.08. The Morgan fingerprint density at radius 1 is 1.12 bits per heavy atom. The summed E-state index contributed by atoms with van der Waals surface area (Å²) in [5, 5.41) is 5.54. The lowest BCUT2D eigenvalue weighted by molar-refractivity contribution is -0.146. The van der Waals surface area contributed by atoms with Crippen molar-refractivity contribution in [1.82, 2.24) is 14.6 Å². The van der Waals surface area contributed by atoms with Gasteiger partial charge in [-0.2, -0.15) is 0 Å². The van der Waals surface area contributed by atoms with Crippen LogP contribution in [0.3, 0.4) is 0 Å². The van der Waals surface area contributed by atoms with Crippen molar-refractivity contribution in [2.24, 2.45) is 22.7 Å². The summed E-state index contributed by atoms with van der Waals surface area (Å²) in [6, 6.07) is 3.42. The van der Waals surface area contributed by atoms with Crippen molar-refractivity contribution in [3.8, 4) is 0 Å². The number of sulfonamides is 1. The Hall–Kier alpha value is -2.87. The van der Waals surface area contributed by atoms with Gasteiger partial charge in [0.1, 0.15) is 11.9 Å². The topological polar surface area (TPSA) is 127 Å². The quantitative estimate of drug-likeness (QED) is 0.414. The van der Waals surface area contributed by atoms with E-state index in [4.69, 9.17) is 26.1 Å². The Balaban J connectivity index is 1.37. The molecule has 0 radical (unpaired) electrons. The molecule has 1 aromatic carbocycles. The zero-order valence-electron chi connectivity index (χ0n) is 23.9. The predicted molar refractivity (Wildman–Crippen MR) is 161 cm³/mol. The lowest BCUT2D eigenvalue weighted by atomic mass is 9.83. The van der Waals surface area contributed by atoms with Crippen LogP contribution in [0.1, 0.15) is 55.1 Å². The third kappa shape index (κ3) is 6.79. The fraction of sp³-hybridized carbons (Fsp3) is 0.517. The largest absolute Gasteiger partial charge is 0.469 e. The number of piperidine rings is 1. The highest BCUT2D eigenvalue weighted by Gasteiger charge is 2.39. The molecule has 1 saturated carbocycles. The molecule has 1 N–H and O–H groups in total. The van der Waals surface area contributed by atoms with Crippen LogP contribution in [0.5, 0.6) is 0 Å². The van der Waals surface area contributed by atoms with E-state index in [0.717, 1.165) is 0 Å². The van der Waals surface area contributed by atoms with Gasteiger partial charge in [0.15, 0.2) is 10.8 Å². The summed E-state index contributed by atoms with van der Waals surface area (Å²) in [5.74, 6) is -1.43. The first-order valence-electron chi connectivity index (χ1n) is 14.2. The second-order valence-corrected chi connectivity index (χ2v) is 14.3. The zero-order chi connectivity index (χ0) is 30.7. The molecule has 10 nitrogen and oxygen atoms in total. The molecule has 1 aromatic heterocycles. The van der Waals surface area contributed by atoms with E-state index in [1.54, 1.807) is 17.6 Å². The van der Waals surface area contributed by atoms with E-state index >= 15 is 0 Å². The van der Waals surface area contributed by atoms with Crippen molar-refractivity contribution in [3.63, 3.8) is 0 Å². The highest BCUT2D eigenvalue weighted by Crippen LogP contribution is 2.41. The van der Waals surface area contributed by atoms with Crippen LogP contribution in [0.4, 0.5) is 4.39 Å². The lowest BCUT2D eigenvalue weighted by Crippen LogP contribution is -2.44. The number of nitrogens with one attached hydrogen (secondary N) is 1. The number of nitrogens with zero attached hydrogens (tertiary/aromatic N) is 3. The number of hydrogen-bond acceptors (Lipinski definition) is 10. The molecule has 14 heteroatoms. The van der Waals surface area contributed by atoms with Crippen LogP contribution in [-0.4, -0.2) is 68.5 Å². The van der Waals surface area contributed by atoms with Gasteiger partial charge in [0, 0.05) is 41.8 Å². The van der Waals surface area contributed by atoms with E-state index in [2.05, 4.69) is 10.3 Å². The van der Waals surface area contributed by atoms with E-state index < -0.39 is 27.9 Å². The van der Waals surface area contributed by atoms with Gasteiger partial charge >= 0.3 is 11.9 Å². The number of aromatic nitrogens is 1. The molecule has 5 rings (SSSR count). The van der Waals surface area contributed by atoms with Gasteiger partial charge in [0.05, 0.1) is 36.5 Å². The molecule has 1 saturated heterocycles. The van der Waals surface area contributed by atoms with Gasteiger partial charge < -0.3 is 14.8 Å². The molecule has 0 spiro atoms. The summed E-state index contributed by atoms with van der Waals surface area (Å²) in [6.07, 6.45) is 5.13. The maximum absolute atomic E-state index is 14.5. The number of rotatable bonds is 8. The van der Waals surface area contributed by atoms with Gasteiger partial charge in [0.2, 0.25) is 10.0 Å². The van der Waals surface area contributed by atoms with Crippen molar-refractivity contribution in [2.45, 2.75) is 44.6 Å². The van der Waals surface area contributed by atoms with Crippen LogP contribution in [-0.2, 0) is 29.1 Å². The minimum absolute atomic E-state index is 0.00823. The Labute approximate surface area is 259 Å². The van der Waals surface area contributed by atoms with Crippen molar-refractivity contribution >= 4 is 50.7 Å². The smallest absolute Gasteiger partial charge is 0.338 e. The molecule has 1 aliphatic carbocycles. The average Bonchev–Trinajstić information content (AvgIpc) is 3.57. The van der Waals surface area contributed by atoms with Gasteiger partial charge in [-0.05, 0) is 50.5 Å². The van der Waals surface area contributed by atoms with Gasteiger partial charge in [-0.15, -0.1) is 11.3 Å². The number of carbonyl (C=O) groups is 2. The van der Waals surface area contributed by atoms with Crippen molar-refractivity contribution in [2.75, 3.05) is 33.1 Å². The first-order chi connectivity index (χ1) is 20.6. The molecule has 0 bridgehead atoms. The number of hydrogen-bond donors (Lipinski definition) is 1. The normalized spacial score (nSPS) is 23.8. The van der Waals surface area contributed by atoms with E-state index in [1.165, 1.54) is 42.0 Å². The number of aliphatic imine (C=N–C) groups is 1. The zero-order valence-corrected chi connectivity index (χ0v) is 26.3. The Bertz CT molecular complexity index is 1520. The number of carbonyl (C=O) groups excluding carboxylic acids is 2. The van der Waals surface area contributed by atoms with E-state index in [9.17, 15) is 22.4 Å². The molecule has 2 aromatic rings. The Morgan fingerprint density at radius 2 is 1.84 bits per heavy atom. The lowest BCUT2D eigenvalue weighted by Gasteiger charge is -2.37. The molecule has 3 aliphatic rings. The molecule has 232 valence electrons. The summed E-state index contributed by atoms with van der Waals surface area (Å²) in [7, 11) is -0.884. The number of ether oxygens (including phenoxy) is 2. The number of esters is 2. The van der Waals surface area contributed by atoms with Crippen LogP contribution < -0.4 is 5.32 Å². The SMILES string of the molecule is COC(=O)C1=C(C2CCN(S(=O)(=O)C[C@H]3CC[C@H](C(=O)OC)CC3)CC2)NC(c2nccs2)=NC1c1cccc(F)c1Cl. The molecule has 0 amide bonds. The van der Waals surface area contributed by atoms with E-state index in [0.29, 0.717) is 60.6 Å². The van der Waals surface area contributed by atoms with Crippen molar-refractivity contribution in [3.05, 3.63) is 62.5 Å². The van der Waals surface area contributed by atoms with Crippen LogP contribution in [0.25, 0.3) is 0 Å². The second kappa shape index (κ2) is 13.4. The number of methoxy groups -OCH3 is 2. The van der Waals surface area contributed by atoms with Gasteiger partial charge in [0.25, 0.3) is 0 Å².